The summed E-state index contributed by atoms with van der Waals surface area (Å²) < 4.78 is 7.05. The van der Waals surface area contributed by atoms with Crippen molar-refractivity contribution >= 4 is 15.9 Å². The summed E-state index contributed by atoms with van der Waals surface area (Å²) in [5.74, 6) is 0. The molecule has 110 valence electrons. The normalized spacial score (nSPS) is 19.6. The van der Waals surface area contributed by atoms with Crippen molar-refractivity contribution in [3.05, 3.63) is 70.2 Å². The van der Waals surface area contributed by atoms with Gasteiger partial charge in [-0.1, -0.05) is 58.4 Å². The molecule has 2 aromatic rings. The first-order valence-electron chi connectivity index (χ1n) is 7.44. The standard InChI is InChI=1S/C18H20BrNO/c19-17-8-6-15(7-9-17)10-11-20-12-13-21-18(14-20)16-4-2-1-3-5-16/h1-9,18H,10-14H2. The molecular weight excluding hydrogens is 326 g/mol. The van der Waals surface area contributed by atoms with E-state index >= 15 is 0 Å². The second-order valence-electron chi connectivity index (χ2n) is 5.45. The smallest absolute Gasteiger partial charge is 0.0952 e. The summed E-state index contributed by atoms with van der Waals surface area (Å²) in [6.07, 6.45) is 1.30. The molecule has 1 unspecified atom stereocenters. The van der Waals surface area contributed by atoms with Crippen molar-refractivity contribution in [1.82, 2.24) is 4.90 Å². The fourth-order valence-corrected chi connectivity index (χ4v) is 2.98. The van der Waals surface area contributed by atoms with Crippen LogP contribution >= 0.6 is 15.9 Å². The van der Waals surface area contributed by atoms with Gasteiger partial charge in [0.1, 0.15) is 0 Å². The van der Waals surface area contributed by atoms with E-state index in [1.54, 1.807) is 0 Å². The van der Waals surface area contributed by atoms with Crippen LogP contribution in [0.4, 0.5) is 0 Å². The lowest BCUT2D eigenvalue weighted by Crippen LogP contribution is -2.39. The molecule has 0 aliphatic carbocycles. The van der Waals surface area contributed by atoms with E-state index in [0.717, 1.165) is 37.1 Å². The number of nitrogens with zero attached hydrogens (tertiary/aromatic N) is 1. The van der Waals surface area contributed by atoms with Crippen LogP contribution < -0.4 is 0 Å². The molecule has 2 aromatic carbocycles. The highest BCUT2D eigenvalue weighted by Crippen LogP contribution is 2.22. The third-order valence-electron chi connectivity index (χ3n) is 3.95. The number of morpholine rings is 1. The van der Waals surface area contributed by atoms with Gasteiger partial charge in [-0.25, -0.2) is 0 Å². The molecule has 0 N–H and O–H groups in total. The molecule has 1 heterocycles. The molecule has 1 atom stereocenters. The Morgan fingerprint density at radius 2 is 1.81 bits per heavy atom. The zero-order valence-corrected chi connectivity index (χ0v) is 13.6. The van der Waals surface area contributed by atoms with Crippen LogP contribution in [0.5, 0.6) is 0 Å². The van der Waals surface area contributed by atoms with Crippen LogP contribution in [0, 0.1) is 0 Å². The minimum absolute atomic E-state index is 0.213. The van der Waals surface area contributed by atoms with Gasteiger partial charge < -0.3 is 4.74 Å². The van der Waals surface area contributed by atoms with Crippen LogP contribution in [0.15, 0.2) is 59.1 Å². The highest BCUT2D eigenvalue weighted by molar-refractivity contribution is 9.10. The largest absolute Gasteiger partial charge is 0.371 e. The minimum Gasteiger partial charge on any atom is -0.371 e. The van der Waals surface area contributed by atoms with Crippen molar-refractivity contribution in [2.75, 3.05) is 26.2 Å². The van der Waals surface area contributed by atoms with Crippen molar-refractivity contribution < 1.29 is 4.74 Å². The molecule has 1 fully saturated rings. The van der Waals surface area contributed by atoms with Gasteiger partial charge >= 0.3 is 0 Å². The molecule has 21 heavy (non-hydrogen) atoms. The van der Waals surface area contributed by atoms with Gasteiger partial charge in [0.15, 0.2) is 0 Å². The molecule has 0 aromatic heterocycles. The highest BCUT2D eigenvalue weighted by Gasteiger charge is 2.21. The Balaban J connectivity index is 1.55. The minimum atomic E-state index is 0.213. The summed E-state index contributed by atoms with van der Waals surface area (Å²) >= 11 is 3.48. The molecule has 1 saturated heterocycles. The van der Waals surface area contributed by atoms with Gasteiger partial charge in [0, 0.05) is 24.1 Å². The average molecular weight is 346 g/mol. The summed E-state index contributed by atoms with van der Waals surface area (Å²) in [4.78, 5) is 2.50. The van der Waals surface area contributed by atoms with E-state index in [0.29, 0.717) is 0 Å². The number of hydrogen-bond donors (Lipinski definition) is 0. The van der Waals surface area contributed by atoms with Crippen molar-refractivity contribution in [2.45, 2.75) is 12.5 Å². The van der Waals surface area contributed by atoms with E-state index in [1.807, 2.05) is 0 Å². The Kier molecular flexibility index (Phi) is 5.07. The molecule has 3 rings (SSSR count). The Morgan fingerprint density at radius 3 is 2.57 bits per heavy atom. The van der Waals surface area contributed by atoms with Crippen molar-refractivity contribution in [1.29, 1.82) is 0 Å². The van der Waals surface area contributed by atoms with Crippen LogP contribution in [0.1, 0.15) is 17.2 Å². The van der Waals surface area contributed by atoms with Gasteiger partial charge in [-0.3, -0.25) is 4.90 Å². The Labute approximate surface area is 134 Å². The average Bonchev–Trinajstić information content (AvgIpc) is 2.55. The van der Waals surface area contributed by atoms with Gasteiger partial charge in [-0.15, -0.1) is 0 Å². The van der Waals surface area contributed by atoms with E-state index in [-0.39, 0.29) is 6.10 Å². The zero-order chi connectivity index (χ0) is 14.5. The number of ether oxygens (including phenoxy) is 1. The monoisotopic (exact) mass is 345 g/mol. The number of halogens is 1. The maximum Gasteiger partial charge on any atom is 0.0952 e. The number of rotatable bonds is 4. The predicted molar refractivity (Wildman–Crippen MR) is 89.4 cm³/mol. The van der Waals surface area contributed by atoms with Gasteiger partial charge in [-0.2, -0.15) is 0 Å². The predicted octanol–water partition coefficient (Wildman–Crippen LogP) is 4.07. The number of benzene rings is 2. The fraction of sp³-hybridized carbons (Fsp3) is 0.333. The van der Waals surface area contributed by atoms with Gasteiger partial charge in [0.2, 0.25) is 0 Å². The summed E-state index contributed by atoms with van der Waals surface area (Å²) in [6.45, 7) is 3.93. The van der Waals surface area contributed by atoms with Crippen molar-refractivity contribution in [2.24, 2.45) is 0 Å². The lowest BCUT2D eigenvalue weighted by atomic mass is 10.1. The summed E-state index contributed by atoms with van der Waals surface area (Å²) in [6, 6.07) is 19.1. The molecule has 0 radical (unpaired) electrons. The highest BCUT2D eigenvalue weighted by atomic mass is 79.9. The maximum atomic E-state index is 5.91. The molecule has 3 heteroatoms. The molecule has 0 bridgehead atoms. The zero-order valence-electron chi connectivity index (χ0n) is 12.0. The second-order valence-corrected chi connectivity index (χ2v) is 6.36. The molecule has 2 nitrogen and oxygen atoms in total. The quantitative estimate of drug-likeness (QED) is 0.828. The van der Waals surface area contributed by atoms with Crippen molar-refractivity contribution in [3.8, 4) is 0 Å². The SMILES string of the molecule is Brc1ccc(CCN2CCOC(c3ccccc3)C2)cc1. The van der Waals surface area contributed by atoms with Crippen LogP contribution in [0.25, 0.3) is 0 Å². The van der Waals surface area contributed by atoms with E-state index in [2.05, 4.69) is 75.4 Å². The second kappa shape index (κ2) is 7.21. The van der Waals surface area contributed by atoms with Gasteiger partial charge in [0.05, 0.1) is 12.7 Å². The molecule has 0 spiro atoms. The molecule has 1 aliphatic heterocycles. The lowest BCUT2D eigenvalue weighted by molar-refractivity contribution is -0.0295. The van der Waals surface area contributed by atoms with E-state index < -0.39 is 0 Å². The van der Waals surface area contributed by atoms with Gasteiger partial charge in [-0.05, 0) is 29.7 Å². The summed E-state index contributed by atoms with van der Waals surface area (Å²) in [7, 11) is 0. The number of hydrogen-bond acceptors (Lipinski definition) is 2. The maximum absolute atomic E-state index is 5.91. The van der Waals surface area contributed by atoms with Crippen LogP contribution in [-0.4, -0.2) is 31.1 Å². The van der Waals surface area contributed by atoms with Crippen LogP contribution in [0.2, 0.25) is 0 Å². The Morgan fingerprint density at radius 1 is 1.05 bits per heavy atom. The van der Waals surface area contributed by atoms with E-state index in [1.165, 1.54) is 11.1 Å². The first-order valence-corrected chi connectivity index (χ1v) is 8.24. The topological polar surface area (TPSA) is 12.5 Å². The summed E-state index contributed by atoms with van der Waals surface area (Å²) in [5.41, 5.74) is 2.67. The van der Waals surface area contributed by atoms with E-state index in [9.17, 15) is 0 Å². The fourth-order valence-electron chi connectivity index (χ4n) is 2.71. The first kappa shape index (κ1) is 14.8. The van der Waals surface area contributed by atoms with Crippen molar-refractivity contribution in [3.63, 3.8) is 0 Å². The first-order chi connectivity index (χ1) is 10.3. The molecule has 0 amide bonds. The molecule has 0 saturated carbocycles. The van der Waals surface area contributed by atoms with Gasteiger partial charge in [0.25, 0.3) is 0 Å². The third kappa shape index (κ3) is 4.16. The molecular formula is C18H20BrNO. The Hall–Kier alpha value is -1.16. The lowest BCUT2D eigenvalue weighted by Gasteiger charge is -2.33. The van der Waals surface area contributed by atoms with Crippen LogP contribution in [0.3, 0.4) is 0 Å². The van der Waals surface area contributed by atoms with Crippen LogP contribution in [-0.2, 0) is 11.2 Å². The third-order valence-corrected chi connectivity index (χ3v) is 4.48. The van der Waals surface area contributed by atoms with E-state index in [4.69, 9.17) is 4.74 Å². The molecule has 1 aliphatic rings. The summed E-state index contributed by atoms with van der Waals surface area (Å²) in [5, 5.41) is 0. The Bertz CT molecular complexity index is 555.